The number of anilines is 1. The van der Waals surface area contributed by atoms with Crippen LogP contribution in [0.1, 0.15) is 17.3 Å². The smallest absolute Gasteiger partial charge is 0.335 e. The highest BCUT2D eigenvalue weighted by Crippen LogP contribution is 2.19. The van der Waals surface area contributed by atoms with Crippen LogP contribution in [-0.2, 0) is 0 Å². The van der Waals surface area contributed by atoms with Crippen LogP contribution in [-0.4, -0.2) is 36.8 Å². The molecule has 4 heteroatoms. The summed E-state index contributed by atoms with van der Waals surface area (Å²) < 4.78 is 0. The molecule has 0 aliphatic carbocycles. The van der Waals surface area contributed by atoms with Crippen LogP contribution in [0.5, 0.6) is 0 Å². The molecule has 16 heavy (non-hydrogen) atoms. The number of aromatic carboxylic acids is 1. The zero-order valence-corrected chi connectivity index (χ0v) is 9.31. The summed E-state index contributed by atoms with van der Waals surface area (Å²) in [7, 11) is 0. The van der Waals surface area contributed by atoms with Gasteiger partial charge in [-0.1, -0.05) is 6.07 Å². The van der Waals surface area contributed by atoms with Crippen molar-refractivity contribution in [2.75, 3.05) is 24.5 Å². The first-order chi connectivity index (χ1) is 7.68. The molecule has 0 bridgehead atoms. The van der Waals surface area contributed by atoms with Crippen LogP contribution in [0, 0.1) is 0 Å². The summed E-state index contributed by atoms with van der Waals surface area (Å²) in [6.45, 7) is 4.95. The molecule has 1 aliphatic heterocycles. The van der Waals surface area contributed by atoms with Gasteiger partial charge in [-0.05, 0) is 25.1 Å². The Morgan fingerprint density at radius 2 is 2.38 bits per heavy atom. The van der Waals surface area contributed by atoms with Crippen LogP contribution in [0.15, 0.2) is 24.3 Å². The Balaban J connectivity index is 2.25. The quantitative estimate of drug-likeness (QED) is 0.786. The SMILES string of the molecule is CC1CNCCN1c1cccc(C(=O)O)c1. The zero-order valence-electron chi connectivity index (χ0n) is 9.31. The molecule has 1 aliphatic rings. The second-order valence-electron chi connectivity index (χ2n) is 4.10. The molecule has 1 fully saturated rings. The third-order valence-corrected chi connectivity index (χ3v) is 2.93. The fraction of sp³-hybridized carbons (Fsp3) is 0.417. The number of carboxylic acids is 1. The molecule has 0 aromatic heterocycles. The van der Waals surface area contributed by atoms with Crippen molar-refractivity contribution in [2.45, 2.75) is 13.0 Å². The lowest BCUT2D eigenvalue weighted by atomic mass is 10.1. The van der Waals surface area contributed by atoms with Gasteiger partial charge in [0.25, 0.3) is 0 Å². The predicted molar refractivity (Wildman–Crippen MR) is 63.1 cm³/mol. The number of carbonyl (C=O) groups is 1. The van der Waals surface area contributed by atoms with Gasteiger partial charge in [0.1, 0.15) is 0 Å². The Hall–Kier alpha value is -1.55. The number of nitrogens with zero attached hydrogens (tertiary/aromatic N) is 1. The number of piperazine rings is 1. The fourth-order valence-electron chi connectivity index (χ4n) is 2.04. The molecule has 4 nitrogen and oxygen atoms in total. The van der Waals surface area contributed by atoms with Crippen LogP contribution >= 0.6 is 0 Å². The maximum Gasteiger partial charge on any atom is 0.335 e. The van der Waals surface area contributed by atoms with E-state index in [0.717, 1.165) is 25.3 Å². The van der Waals surface area contributed by atoms with Crippen LogP contribution in [0.25, 0.3) is 0 Å². The van der Waals surface area contributed by atoms with Crippen LogP contribution in [0.3, 0.4) is 0 Å². The Labute approximate surface area is 94.9 Å². The van der Waals surface area contributed by atoms with Crippen molar-refractivity contribution in [1.29, 1.82) is 0 Å². The van der Waals surface area contributed by atoms with Crippen molar-refractivity contribution in [3.05, 3.63) is 29.8 Å². The number of rotatable bonds is 2. The molecule has 2 N–H and O–H groups in total. The van der Waals surface area contributed by atoms with Crippen molar-refractivity contribution >= 4 is 11.7 Å². The van der Waals surface area contributed by atoms with E-state index in [0.29, 0.717) is 11.6 Å². The molecule has 86 valence electrons. The average Bonchev–Trinajstić information content (AvgIpc) is 2.30. The maximum absolute atomic E-state index is 10.9. The summed E-state index contributed by atoms with van der Waals surface area (Å²) in [5, 5.41) is 12.3. The minimum atomic E-state index is -0.871. The van der Waals surface area contributed by atoms with E-state index >= 15 is 0 Å². The van der Waals surface area contributed by atoms with E-state index in [-0.39, 0.29) is 0 Å². The van der Waals surface area contributed by atoms with Crippen molar-refractivity contribution in [2.24, 2.45) is 0 Å². The molecule has 0 spiro atoms. The van der Waals surface area contributed by atoms with Gasteiger partial charge in [-0.25, -0.2) is 4.79 Å². The van der Waals surface area contributed by atoms with E-state index in [1.54, 1.807) is 18.2 Å². The second-order valence-corrected chi connectivity index (χ2v) is 4.10. The van der Waals surface area contributed by atoms with E-state index in [4.69, 9.17) is 5.11 Å². The molecule has 1 atom stereocenters. The molecule has 1 unspecified atom stereocenters. The highest BCUT2D eigenvalue weighted by Gasteiger charge is 2.18. The zero-order chi connectivity index (χ0) is 11.5. The summed E-state index contributed by atoms with van der Waals surface area (Å²) in [6, 6.07) is 7.53. The van der Waals surface area contributed by atoms with Crippen LogP contribution in [0.2, 0.25) is 0 Å². The van der Waals surface area contributed by atoms with Crippen molar-refractivity contribution in [3.8, 4) is 0 Å². The van der Waals surface area contributed by atoms with E-state index < -0.39 is 5.97 Å². The maximum atomic E-state index is 10.9. The van der Waals surface area contributed by atoms with Crippen molar-refractivity contribution in [3.63, 3.8) is 0 Å². The van der Waals surface area contributed by atoms with E-state index in [9.17, 15) is 4.79 Å². The summed E-state index contributed by atoms with van der Waals surface area (Å²) in [4.78, 5) is 13.1. The average molecular weight is 220 g/mol. The van der Waals surface area contributed by atoms with Crippen LogP contribution in [0.4, 0.5) is 5.69 Å². The summed E-state index contributed by atoms with van der Waals surface area (Å²) in [5.74, 6) is -0.871. The Kier molecular flexibility index (Phi) is 3.10. The Bertz CT molecular complexity index is 392. The van der Waals surface area contributed by atoms with Gasteiger partial charge >= 0.3 is 5.97 Å². The van der Waals surface area contributed by atoms with Crippen LogP contribution < -0.4 is 10.2 Å². The topological polar surface area (TPSA) is 52.6 Å². The van der Waals surface area contributed by atoms with Crippen molar-refractivity contribution < 1.29 is 9.90 Å². The summed E-state index contributed by atoms with van der Waals surface area (Å²) in [6.07, 6.45) is 0. The van der Waals surface area contributed by atoms with E-state index in [2.05, 4.69) is 17.1 Å². The molecule has 1 aromatic carbocycles. The molecule has 0 amide bonds. The van der Waals surface area contributed by atoms with E-state index in [1.165, 1.54) is 0 Å². The lowest BCUT2D eigenvalue weighted by Gasteiger charge is -2.36. The lowest BCUT2D eigenvalue weighted by molar-refractivity contribution is 0.0697. The first-order valence-electron chi connectivity index (χ1n) is 5.49. The third kappa shape index (κ3) is 2.17. The van der Waals surface area contributed by atoms with Gasteiger partial charge in [0.2, 0.25) is 0 Å². The fourth-order valence-corrected chi connectivity index (χ4v) is 2.04. The summed E-state index contributed by atoms with van der Waals surface area (Å²) in [5.41, 5.74) is 1.34. The van der Waals surface area contributed by atoms with Gasteiger partial charge in [-0.3, -0.25) is 0 Å². The molecule has 1 heterocycles. The molecular weight excluding hydrogens is 204 g/mol. The monoisotopic (exact) mass is 220 g/mol. The minimum Gasteiger partial charge on any atom is -0.478 e. The Morgan fingerprint density at radius 3 is 3.06 bits per heavy atom. The standard InChI is InChI=1S/C12H16N2O2/c1-9-8-13-5-6-14(9)11-4-2-3-10(7-11)12(15)16/h2-4,7,9,13H,5-6,8H2,1H3,(H,15,16). The number of nitrogens with one attached hydrogen (secondary N) is 1. The molecule has 0 saturated carbocycles. The van der Waals surface area contributed by atoms with Gasteiger partial charge in [0.15, 0.2) is 0 Å². The van der Waals surface area contributed by atoms with Gasteiger partial charge in [-0.2, -0.15) is 0 Å². The first kappa shape index (κ1) is 11.0. The minimum absolute atomic E-state index is 0.350. The molecule has 0 radical (unpaired) electrons. The number of hydrogen-bond donors (Lipinski definition) is 2. The van der Waals surface area contributed by atoms with Gasteiger partial charge in [0.05, 0.1) is 5.56 Å². The van der Waals surface area contributed by atoms with Gasteiger partial charge < -0.3 is 15.3 Å². The van der Waals surface area contributed by atoms with Crippen molar-refractivity contribution in [1.82, 2.24) is 5.32 Å². The van der Waals surface area contributed by atoms with Gasteiger partial charge in [-0.15, -0.1) is 0 Å². The second kappa shape index (κ2) is 4.53. The molecular formula is C12H16N2O2. The Morgan fingerprint density at radius 1 is 1.56 bits per heavy atom. The van der Waals surface area contributed by atoms with Gasteiger partial charge in [0, 0.05) is 31.4 Å². The number of hydrogen-bond acceptors (Lipinski definition) is 3. The summed E-state index contributed by atoms with van der Waals surface area (Å²) >= 11 is 0. The highest BCUT2D eigenvalue weighted by atomic mass is 16.4. The predicted octanol–water partition coefficient (Wildman–Crippen LogP) is 1.18. The first-order valence-corrected chi connectivity index (χ1v) is 5.49. The van der Waals surface area contributed by atoms with E-state index in [1.807, 2.05) is 6.07 Å². The normalized spacial score (nSPS) is 20.8. The highest BCUT2D eigenvalue weighted by molar-refractivity contribution is 5.88. The number of carboxylic acid groups (broad SMARTS) is 1. The largest absolute Gasteiger partial charge is 0.478 e. The molecule has 2 rings (SSSR count). The number of benzene rings is 1. The molecule has 1 aromatic rings. The lowest BCUT2D eigenvalue weighted by Crippen LogP contribution is -2.49. The third-order valence-electron chi connectivity index (χ3n) is 2.93. The molecule has 1 saturated heterocycles.